The smallest absolute Gasteiger partial charge is 0.149 e. The summed E-state index contributed by atoms with van der Waals surface area (Å²) in [5.41, 5.74) is 6.49. The molecule has 0 atom stereocenters. The van der Waals surface area contributed by atoms with E-state index in [9.17, 15) is 13.3 Å². The van der Waals surface area contributed by atoms with Crippen molar-refractivity contribution in [1.82, 2.24) is 14.5 Å². The van der Waals surface area contributed by atoms with Crippen LogP contribution in [0.25, 0.3) is 72.7 Å². The van der Waals surface area contributed by atoms with Crippen molar-refractivity contribution >= 4 is 11.0 Å². The lowest BCUT2D eigenvalue weighted by Gasteiger charge is -2.36. The maximum Gasteiger partial charge on any atom is 0.149 e. The van der Waals surface area contributed by atoms with Gasteiger partial charge in [0.05, 0.1) is 38.9 Å². The number of nitrogens with zero attached hydrogens (tertiary/aromatic N) is 3. The topological polar surface area (TPSA) is 50.9 Å². The molecule has 0 aliphatic rings. The monoisotopic (exact) mass is 927 g/mol. The maximum absolute atomic E-state index is 12.6. The number of phenolic OH excluding ortho intramolecular Hbond substituents is 1. The van der Waals surface area contributed by atoms with Crippen LogP contribution >= 0.6 is 0 Å². The fourth-order valence-corrected chi connectivity index (χ4v) is 9.56. The molecule has 8 aromatic rings. The lowest BCUT2D eigenvalue weighted by molar-refractivity contribution is 0.426. The van der Waals surface area contributed by atoms with Crippen LogP contribution in [-0.2, 0) is 16.2 Å². The average Bonchev–Trinajstić information content (AvgIpc) is 3.38. The lowest BCUT2D eigenvalue weighted by Crippen LogP contribution is -2.25. The molecule has 0 fully saturated rings. The Kier molecular flexibility index (Phi) is 9.75. The summed E-state index contributed by atoms with van der Waals surface area (Å²) in [5, 5.41) is 12.6. The normalized spacial score (nSPS) is 15.6. The molecule has 0 aliphatic carbocycles. The minimum Gasteiger partial charge on any atom is -0.507 e. The third-order valence-corrected chi connectivity index (χ3v) is 14.9. The summed E-state index contributed by atoms with van der Waals surface area (Å²) >= 11 is 0. The van der Waals surface area contributed by atoms with Gasteiger partial charge in [-0.15, -0.1) is 0 Å². The molecule has 6 aromatic carbocycles. The number of aromatic nitrogens is 3. The SMILES string of the molecule is [2H]c1nc(-c2cc(-c3cccc4c3nc(-c3cc(C([2H])(C)C)cc(C([2H])(C)C)c3O)n4-c3ccc(-c4c(C(C)(CC)CC)cccc4C(C)(CC)CC)cc3C([2H])([2H])[2H])cc(C(C)(C)C)c2)c([2H])c(-c2c([2H])c([2H])c([2H])c([2H])c2[2H])c1[2H]. The van der Waals surface area contributed by atoms with Gasteiger partial charge in [0, 0.05) is 24.2 Å². The van der Waals surface area contributed by atoms with E-state index in [4.69, 9.17) is 14.6 Å². The van der Waals surface area contributed by atoms with Crippen LogP contribution in [0.4, 0.5) is 0 Å². The predicted molar refractivity (Wildman–Crippen MR) is 295 cm³/mol. The number of phenols is 1. The minimum atomic E-state index is -2.71. The molecule has 0 unspecified atom stereocenters. The summed E-state index contributed by atoms with van der Waals surface area (Å²) in [5.74, 6) is -2.67. The van der Waals surface area contributed by atoms with Crippen LogP contribution in [0, 0.1) is 6.85 Å². The summed E-state index contributed by atoms with van der Waals surface area (Å²) in [6.45, 7) is 23.3. The highest BCUT2D eigenvalue weighted by Gasteiger charge is 2.33. The lowest BCUT2D eigenvalue weighted by atomic mass is 9.68. The number of imidazole rings is 1. The van der Waals surface area contributed by atoms with E-state index in [0.29, 0.717) is 33.3 Å². The Hall–Kier alpha value is -6.26. The third-order valence-electron chi connectivity index (χ3n) is 14.9. The van der Waals surface area contributed by atoms with Crippen LogP contribution < -0.4 is 0 Å². The molecule has 1 N–H and O–H groups in total. The molecule has 2 heterocycles. The zero-order valence-electron chi connectivity index (χ0n) is 55.7. The molecule has 0 spiro atoms. The van der Waals surface area contributed by atoms with Crippen LogP contribution in [0.3, 0.4) is 0 Å². The molecule has 0 amide bonds. The second-order valence-electron chi connectivity index (χ2n) is 20.6. The second kappa shape index (κ2) is 19.3. The van der Waals surface area contributed by atoms with Gasteiger partial charge < -0.3 is 5.11 Å². The number of fused-ring (bicyclic) bond motifs is 1. The summed E-state index contributed by atoms with van der Waals surface area (Å²) in [6.07, 6.45) is 2.85. The molecule has 2 aromatic heterocycles. The minimum absolute atomic E-state index is 0.0311. The highest BCUT2D eigenvalue weighted by molar-refractivity contribution is 5.97. The molecule has 0 saturated heterocycles. The zero-order valence-corrected chi connectivity index (χ0v) is 42.7. The predicted octanol–water partition coefficient (Wildman–Crippen LogP) is 18.5. The van der Waals surface area contributed by atoms with Gasteiger partial charge in [0.15, 0.2) is 0 Å². The van der Waals surface area contributed by atoms with Crippen molar-refractivity contribution in [2.75, 3.05) is 0 Å². The Balaban J connectivity index is 1.52. The van der Waals surface area contributed by atoms with Gasteiger partial charge in [-0.1, -0.05) is 169 Å². The van der Waals surface area contributed by atoms with Crippen molar-refractivity contribution in [2.45, 2.75) is 151 Å². The van der Waals surface area contributed by atoms with Gasteiger partial charge in [0.1, 0.15) is 11.6 Å². The zero-order chi connectivity index (χ0) is 60.9. The summed E-state index contributed by atoms with van der Waals surface area (Å²) in [6, 6.07) is 22.3. The Morgan fingerprint density at radius 2 is 1.32 bits per heavy atom. The van der Waals surface area contributed by atoms with Crippen molar-refractivity contribution in [2.24, 2.45) is 0 Å². The van der Waals surface area contributed by atoms with Gasteiger partial charge in [-0.05, 0) is 170 Å². The van der Waals surface area contributed by atoms with Gasteiger partial charge in [0.25, 0.3) is 0 Å². The number of benzene rings is 6. The number of hydrogen-bond acceptors (Lipinski definition) is 3. The third kappa shape index (κ3) is 9.20. The number of rotatable bonds is 14. The number of hydrogen-bond donors (Lipinski definition) is 1. The van der Waals surface area contributed by atoms with Gasteiger partial charge in [-0.2, -0.15) is 0 Å². The van der Waals surface area contributed by atoms with E-state index < -0.39 is 72.5 Å². The molecular formula is C65H75N3O. The Morgan fingerprint density at radius 1 is 0.667 bits per heavy atom. The molecule has 0 bridgehead atoms. The standard InChI is InChI=1S/C65H75N3O/c1-15-64(13,16-2)54-27-23-28-55(65(14,17-3)18-4)59(54)46-30-31-57(43(9)34-46)68-58-29-22-26-51(60(58)67-62(68)53-39-47(41(5)6)38-52(42(7)8)61(53)69)48-35-49(37-50(36-48)63(10,11)12)56-40-45(32-33-66-56)44-24-20-19-21-25-44/h19-42,69H,15-18H2,1-14H3/i9D3,19D,20D,21D,24D,25D,32D,33D,40D,41D,42D. The number of para-hydroxylation sites is 1. The van der Waals surface area contributed by atoms with Gasteiger partial charge in [0.2, 0.25) is 0 Å². The van der Waals surface area contributed by atoms with Crippen LogP contribution in [0.15, 0.2) is 133 Å². The van der Waals surface area contributed by atoms with Gasteiger partial charge in [-0.3, -0.25) is 9.55 Å². The van der Waals surface area contributed by atoms with Crippen LogP contribution in [0.2, 0.25) is 0 Å². The molecule has 0 aliphatic heterocycles. The van der Waals surface area contributed by atoms with E-state index in [1.807, 2.05) is 63.2 Å². The van der Waals surface area contributed by atoms with Crippen molar-refractivity contribution in [3.8, 4) is 67.5 Å². The number of aromatic hydroxyl groups is 1. The van der Waals surface area contributed by atoms with E-state index in [2.05, 4.69) is 64.7 Å². The molecule has 69 heavy (non-hydrogen) atoms. The van der Waals surface area contributed by atoms with Crippen molar-refractivity contribution in [1.29, 1.82) is 0 Å². The first-order valence-corrected chi connectivity index (χ1v) is 24.4. The summed E-state index contributed by atoms with van der Waals surface area (Å²) in [7, 11) is 0. The Bertz CT molecular complexity index is 3760. The largest absolute Gasteiger partial charge is 0.507 e. The highest BCUT2D eigenvalue weighted by atomic mass is 16.3. The maximum atomic E-state index is 12.6. The van der Waals surface area contributed by atoms with Crippen molar-refractivity contribution in [3.05, 3.63) is 167 Å². The Morgan fingerprint density at radius 3 is 1.93 bits per heavy atom. The number of aryl methyl sites for hydroxylation is 1. The van der Waals surface area contributed by atoms with E-state index >= 15 is 0 Å². The summed E-state index contributed by atoms with van der Waals surface area (Å²) in [4.78, 5) is 9.87. The first kappa shape index (κ1) is 34.9. The van der Waals surface area contributed by atoms with Crippen molar-refractivity contribution in [3.63, 3.8) is 0 Å². The first-order chi connectivity index (χ1) is 38.0. The van der Waals surface area contributed by atoms with E-state index in [0.717, 1.165) is 53.5 Å². The first-order valence-electron chi connectivity index (χ1n) is 30.9. The molecule has 4 heteroatoms. The summed E-state index contributed by atoms with van der Waals surface area (Å²) < 4.78 is 118. The fourth-order valence-electron chi connectivity index (χ4n) is 9.56. The molecule has 356 valence electrons. The van der Waals surface area contributed by atoms with Crippen LogP contribution in [0.1, 0.15) is 179 Å². The molecule has 8 rings (SSSR count). The van der Waals surface area contributed by atoms with Gasteiger partial charge in [-0.25, -0.2) is 4.98 Å². The van der Waals surface area contributed by atoms with Gasteiger partial charge >= 0.3 is 0 Å². The average molecular weight is 927 g/mol. The Labute approximate surface area is 432 Å². The molecule has 0 saturated carbocycles. The van der Waals surface area contributed by atoms with E-state index in [1.165, 1.54) is 0 Å². The fraction of sp³-hybridized carbons (Fsp3) is 0.354. The molecule has 4 nitrogen and oxygen atoms in total. The van der Waals surface area contributed by atoms with E-state index in [-0.39, 0.29) is 61.6 Å². The second-order valence-corrected chi connectivity index (χ2v) is 20.6. The highest BCUT2D eigenvalue weighted by Crippen LogP contribution is 2.48. The molecule has 0 radical (unpaired) electrons. The van der Waals surface area contributed by atoms with Crippen LogP contribution in [-0.4, -0.2) is 19.6 Å². The van der Waals surface area contributed by atoms with E-state index in [1.54, 1.807) is 56.5 Å². The molecular weight excluding hydrogens is 839 g/mol. The van der Waals surface area contributed by atoms with Crippen molar-refractivity contribution < 1.29 is 22.9 Å². The van der Waals surface area contributed by atoms with Crippen LogP contribution in [0.5, 0.6) is 5.75 Å². The number of pyridine rings is 1. The quantitative estimate of drug-likeness (QED) is 0.118.